The number of amides is 2. The lowest BCUT2D eigenvalue weighted by atomic mass is 9.98. The lowest BCUT2D eigenvalue weighted by Crippen LogP contribution is -2.51. The van der Waals surface area contributed by atoms with Crippen LogP contribution in [0.1, 0.15) is 30.9 Å². The van der Waals surface area contributed by atoms with Crippen LogP contribution in [0.2, 0.25) is 0 Å². The molecular weight excluding hydrogens is 453 g/mol. The van der Waals surface area contributed by atoms with Crippen LogP contribution in [-0.2, 0) is 14.3 Å². The second-order valence-electron chi connectivity index (χ2n) is 8.25. The van der Waals surface area contributed by atoms with Crippen molar-refractivity contribution in [2.45, 2.75) is 32.0 Å². The molecule has 0 bridgehead atoms. The summed E-state index contributed by atoms with van der Waals surface area (Å²) >= 11 is 0. The van der Waals surface area contributed by atoms with Crippen molar-refractivity contribution >= 4 is 18.0 Å². The number of benzene rings is 2. The highest BCUT2D eigenvalue weighted by Crippen LogP contribution is 2.44. The molecule has 0 heterocycles. The number of ether oxygens (including phenoxy) is 1. The zero-order valence-corrected chi connectivity index (χ0v) is 18.6. The van der Waals surface area contributed by atoms with Gasteiger partial charge in [-0.25, -0.2) is 4.79 Å². The molecule has 1 atom stereocenters. The first-order valence-corrected chi connectivity index (χ1v) is 10.7. The number of nitrogens with zero attached hydrogens (tertiary/aromatic N) is 1. The third-order valence-corrected chi connectivity index (χ3v) is 5.70. The Morgan fingerprint density at radius 3 is 2.03 bits per heavy atom. The van der Waals surface area contributed by atoms with Crippen molar-refractivity contribution in [3.63, 3.8) is 0 Å². The summed E-state index contributed by atoms with van der Waals surface area (Å²) in [5, 5.41) is 10.9. The maximum absolute atomic E-state index is 13.6. The Bertz CT molecular complexity index is 1030. The highest BCUT2D eigenvalue weighted by atomic mass is 19.4. The van der Waals surface area contributed by atoms with E-state index in [1.54, 1.807) is 0 Å². The molecule has 1 unspecified atom stereocenters. The second-order valence-corrected chi connectivity index (χ2v) is 8.25. The largest absolute Gasteiger partial charge is 0.480 e. The van der Waals surface area contributed by atoms with E-state index in [-0.39, 0.29) is 12.5 Å². The number of fused-ring (bicyclic) bond motifs is 3. The average Bonchev–Trinajstić information content (AvgIpc) is 3.08. The predicted molar refractivity (Wildman–Crippen MR) is 117 cm³/mol. The third-order valence-electron chi connectivity index (χ3n) is 5.70. The van der Waals surface area contributed by atoms with Gasteiger partial charge in [0.25, 0.3) is 0 Å². The normalized spacial score (nSPS) is 13.7. The van der Waals surface area contributed by atoms with Crippen molar-refractivity contribution in [1.29, 1.82) is 0 Å². The van der Waals surface area contributed by atoms with Gasteiger partial charge in [-0.15, -0.1) is 0 Å². The summed E-state index contributed by atoms with van der Waals surface area (Å²) in [4.78, 5) is 36.3. The number of rotatable bonds is 8. The summed E-state index contributed by atoms with van der Waals surface area (Å²) in [5.41, 5.74) is 3.89. The van der Waals surface area contributed by atoms with Gasteiger partial charge in [0.2, 0.25) is 5.91 Å². The highest BCUT2D eigenvalue weighted by molar-refractivity contribution is 5.84. The standard InChI is InChI=1S/C24H25F3N2O5/c1-14(2)29(12-21(30)31)22(32)20(24(25,26)27)11-28-23(33)34-13-19-17-9-5-3-7-15(17)16-8-4-6-10-18(16)19/h3-10,14,19-20H,11-13H2,1-2H3,(H,28,33)(H,30,31). The first-order valence-electron chi connectivity index (χ1n) is 10.7. The zero-order valence-electron chi connectivity index (χ0n) is 18.6. The van der Waals surface area contributed by atoms with Crippen LogP contribution in [0.15, 0.2) is 48.5 Å². The monoisotopic (exact) mass is 478 g/mol. The fraction of sp³-hybridized carbons (Fsp3) is 0.375. The molecule has 3 rings (SSSR count). The number of carboxylic acid groups (broad SMARTS) is 1. The van der Waals surface area contributed by atoms with Crippen LogP contribution in [0.3, 0.4) is 0 Å². The van der Waals surface area contributed by atoms with Gasteiger partial charge in [-0.2, -0.15) is 13.2 Å². The van der Waals surface area contributed by atoms with Gasteiger partial charge in [0.15, 0.2) is 5.92 Å². The Morgan fingerprint density at radius 1 is 1.03 bits per heavy atom. The summed E-state index contributed by atoms with van der Waals surface area (Å²) < 4.78 is 45.9. The maximum Gasteiger partial charge on any atom is 0.407 e. The molecule has 0 saturated heterocycles. The van der Waals surface area contributed by atoms with E-state index in [1.807, 2.05) is 53.8 Å². The van der Waals surface area contributed by atoms with Crippen LogP contribution in [0.5, 0.6) is 0 Å². The fourth-order valence-electron chi connectivity index (χ4n) is 4.04. The molecule has 0 spiro atoms. The van der Waals surface area contributed by atoms with E-state index >= 15 is 0 Å². The number of alkyl halides is 3. The molecule has 10 heteroatoms. The first kappa shape index (κ1) is 25.1. The zero-order chi connectivity index (χ0) is 25.0. The highest BCUT2D eigenvalue weighted by Gasteiger charge is 2.47. The number of carbonyl (C=O) groups excluding carboxylic acids is 2. The van der Waals surface area contributed by atoms with Crippen molar-refractivity contribution in [3.8, 4) is 11.1 Å². The van der Waals surface area contributed by atoms with Gasteiger partial charge in [0.1, 0.15) is 13.2 Å². The van der Waals surface area contributed by atoms with Crippen molar-refractivity contribution in [1.82, 2.24) is 10.2 Å². The molecule has 2 aromatic carbocycles. The topological polar surface area (TPSA) is 95.9 Å². The van der Waals surface area contributed by atoms with Crippen molar-refractivity contribution in [2.75, 3.05) is 19.7 Å². The van der Waals surface area contributed by atoms with Gasteiger partial charge >= 0.3 is 18.2 Å². The number of halogens is 3. The van der Waals surface area contributed by atoms with Crippen LogP contribution >= 0.6 is 0 Å². The summed E-state index contributed by atoms with van der Waals surface area (Å²) in [6.07, 6.45) is -6.09. The Kier molecular flexibility index (Phi) is 7.48. The van der Waals surface area contributed by atoms with Crippen LogP contribution in [-0.4, -0.2) is 59.9 Å². The van der Waals surface area contributed by atoms with Crippen LogP contribution in [0, 0.1) is 5.92 Å². The van der Waals surface area contributed by atoms with E-state index in [0.29, 0.717) is 4.90 Å². The number of hydrogen-bond acceptors (Lipinski definition) is 4. The molecular formula is C24H25F3N2O5. The molecule has 0 aromatic heterocycles. The molecule has 182 valence electrons. The minimum Gasteiger partial charge on any atom is -0.480 e. The fourth-order valence-corrected chi connectivity index (χ4v) is 4.04. The minimum atomic E-state index is -4.99. The number of carboxylic acids is 1. The smallest absolute Gasteiger partial charge is 0.407 e. The molecule has 2 amide bonds. The summed E-state index contributed by atoms with van der Waals surface area (Å²) in [7, 11) is 0. The second kappa shape index (κ2) is 10.1. The Morgan fingerprint density at radius 2 is 1.56 bits per heavy atom. The lowest BCUT2D eigenvalue weighted by molar-refractivity contribution is -0.189. The van der Waals surface area contributed by atoms with E-state index in [0.717, 1.165) is 22.3 Å². The molecule has 7 nitrogen and oxygen atoms in total. The molecule has 1 aliphatic rings. The number of nitrogens with one attached hydrogen (secondary N) is 1. The van der Waals surface area contributed by atoms with E-state index < -0.39 is 49.2 Å². The van der Waals surface area contributed by atoms with Gasteiger partial charge < -0.3 is 20.1 Å². The van der Waals surface area contributed by atoms with Gasteiger partial charge in [-0.1, -0.05) is 48.5 Å². The summed E-state index contributed by atoms with van der Waals surface area (Å²) in [6, 6.07) is 14.4. The molecule has 34 heavy (non-hydrogen) atoms. The van der Waals surface area contributed by atoms with E-state index in [2.05, 4.69) is 0 Å². The van der Waals surface area contributed by atoms with E-state index in [9.17, 15) is 27.6 Å². The number of aliphatic carboxylic acids is 1. The quantitative estimate of drug-likeness (QED) is 0.598. The van der Waals surface area contributed by atoms with Crippen LogP contribution in [0.25, 0.3) is 11.1 Å². The van der Waals surface area contributed by atoms with Crippen LogP contribution in [0.4, 0.5) is 18.0 Å². The summed E-state index contributed by atoms with van der Waals surface area (Å²) in [5.74, 6) is -5.74. The number of hydrogen-bond donors (Lipinski definition) is 2. The average molecular weight is 478 g/mol. The molecule has 0 saturated carbocycles. The number of alkyl carbamates (subject to hydrolysis) is 1. The van der Waals surface area contributed by atoms with Crippen LogP contribution < -0.4 is 5.32 Å². The molecule has 2 N–H and O–H groups in total. The SMILES string of the molecule is CC(C)N(CC(=O)O)C(=O)C(CNC(=O)OCC1c2ccccc2-c2ccccc21)C(F)(F)F. The third kappa shape index (κ3) is 5.49. The van der Waals surface area contributed by atoms with Gasteiger partial charge in [-0.05, 0) is 36.1 Å². The Balaban J connectivity index is 1.66. The van der Waals surface area contributed by atoms with Crippen molar-refractivity contribution in [3.05, 3.63) is 59.7 Å². The van der Waals surface area contributed by atoms with Gasteiger partial charge in [0.05, 0.1) is 0 Å². The lowest BCUT2D eigenvalue weighted by Gasteiger charge is -2.30. The first-order chi connectivity index (χ1) is 16.0. The van der Waals surface area contributed by atoms with Gasteiger partial charge in [-0.3, -0.25) is 9.59 Å². The predicted octanol–water partition coefficient (Wildman–Crippen LogP) is 4.03. The Hall–Kier alpha value is -3.56. The molecule has 0 fully saturated rings. The van der Waals surface area contributed by atoms with Crippen molar-refractivity contribution in [2.24, 2.45) is 5.92 Å². The molecule has 0 radical (unpaired) electrons. The molecule has 1 aliphatic carbocycles. The number of carbonyl (C=O) groups is 3. The van der Waals surface area contributed by atoms with Gasteiger partial charge in [0, 0.05) is 18.5 Å². The van der Waals surface area contributed by atoms with E-state index in [4.69, 9.17) is 9.84 Å². The summed E-state index contributed by atoms with van der Waals surface area (Å²) in [6.45, 7) is 0.776. The van der Waals surface area contributed by atoms with E-state index in [1.165, 1.54) is 13.8 Å². The maximum atomic E-state index is 13.6. The minimum absolute atomic E-state index is 0.0956. The molecule has 2 aromatic rings. The van der Waals surface area contributed by atoms with Crippen molar-refractivity contribution < 1.29 is 37.4 Å². The Labute approximate surface area is 194 Å². The molecule has 0 aliphatic heterocycles.